The van der Waals surface area contributed by atoms with Gasteiger partial charge in [-0.05, 0) is 17.7 Å². The van der Waals surface area contributed by atoms with Gasteiger partial charge in [-0.1, -0.05) is 12.1 Å². The van der Waals surface area contributed by atoms with Gasteiger partial charge in [-0.2, -0.15) is 0 Å². The normalized spacial score (nSPS) is 16.2. The lowest BCUT2D eigenvalue weighted by Gasteiger charge is -2.36. The number of imidazole rings is 1. The van der Waals surface area contributed by atoms with Crippen LogP contribution in [-0.2, 0) is 25.5 Å². The van der Waals surface area contributed by atoms with Crippen LogP contribution in [0.2, 0.25) is 0 Å². The molecule has 2 atom stereocenters. The number of nitrogens with one attached hydrogen (secondary N) is 2. The Bertz CT molecular complexity index is 928. The van der Waals surface area contributed by atoms with Crippen LogP contribution in [0.4, 0.5) is 4.79 Å². The summed E-state index contributed by atoms with van der Waals surface area (Å²) in [5, 5.41) is 2.60. The average Bonchev–Trinajstić information content (AvgIpc) is 3.26. The van der Waals surface area contributed by atoms with E-state index in [1.807, 2.05) is 24.3 Å². The summed E-state index contributed by atoms with van der Waals surface area (Å²) in [7, 11) is 3.97. The van der Waals surface area contributed by atoms with Gasteiger partial charge >= 0.3 is 18.0 Å². The maximum atomic E-state index is 13.2. The van der Waals surface area contributed by atoms with E-state index in [2.05, 4.69) is 20.0 Å². The number of carbonyl (C=O) groups is 3. The number of aromatic amines is 1. The van der Waals surface area contributed by atoms with Gasteiger partial charge in [-0.15, -0.1) is 0 Å². The summed E-state index contributed by atoms with van der Waals surface area (Å²) in [5.74, 6) is -0.721. The molecule has 2 aromatic rings. The Morgan fingerprint density at radius 1 is 1.27 bits per heavy atom. The Morgan fingerprint density at radius 2 is 2.07 bits per heavy atom. The highest BCUT2D eigenvalue weighted by molar-refractivity contribution is 5.87. The summed E-state index contributed by atoms with van der Waals surface area (Å²) in [5.41, 5.74) is 2.46. The van der Waals surface area contributed by atoms with Gasteiger partial charge in [0.05, 0.1) is 39.8 Å². The fourth-order valence-corrected chi connectivity index (χ4v) is 3.46. The topological polar surface area (TPSA) is 123 Å². The SMILES string of the molecule is COC(=O)C[C@H](NC(=O)N1CCc2[nH]cnc2[C@H]1c1cccc(OC)c1)C(=O)OC. The first-order valence-corrected chi connectivity index (χ1v) is 9.36. The van der Waals surface area contributed by atoms with E-state index in [0.29, 0.717) is 24.4 Å². The number of nitrogens with zero attached hydrogens (tertiary/aromatic N) is 2. The molecule has 0 fully saturated rings. The van der Waals surface area contributed by atoms with Crippen LogP contribution < -0.4 is 10.1 Å². The molecule has 0 saturated carbocycles. The summed E-state index contributed by atoms with van der Waals surface area (Å²) in [6.07, 6.45) is 1.83. The van der Waals surface area contributed by atoms with E-state index < -0.39 is 30.1 Å². The zero-order chi connectivity index (χ0) is 21.7. The fourth-order valence-electron chi connectivity index (χ4n) is 3.46. The van der Waals surface area contributed by atoms with E-state index in [1.54, 1.807) is 18.3 Å². The van der Waals surface area contributed by atoms with Crippen molar-refractivity contribution in [2.45, 2.75) is 24.9 Å². The Labute approximate surface area is 173 Å². The smallest absolute Gasteiger partial charge is 0.329 e. The second kappa shape index (κ2) is 9.29. The van der Waals surface area contributed by atoms with Crippen molar-refractivity contribution < 1.29 is 28.6 Å². The Kier molecular flexibility index (Phi) is 6.55. The number of H-pyrrole nitrogens is 1. The molecule has 1 aromatic heterocycles. The number of rotatable bonds is 6. The summed E-state index contributed by atoms with van der Waals surface area (Å²) in [6.45, 7) is 0.384. The van der Waals surface area contributed by atoms with Gasteiger partial charge in [-0.3, -0.25) is 4.79 Å². The number of hydrogen-bond donors (Lipinski definition) is 2. The second-order valence-corrected chi connectivity index (χ2v) is 6.69. The number of benzene rings is 1. The van der Waals surface area contributed by atoms with Crippen molar-refractivity contribution in [1.82, 2.24) is 20.2 Å². The lowest BCUT2D eigenvalue weighted by atomic mass is 9.95. The standard InChI is InChI=1S/C20H24N4O6/c1-28-13-6-4-5-12(9-13)18-17-14(21-11-22-17)7-8-24(18)20(27)23-15(19(26)30-3)10-16(25)29-2/h4-6,9,11,15,18H,7-8,10H2,1-3H3,(H,21,22)(H,23,27)/t15-,18+/m0/s1. The van der Waals surface area contributed by atoms with E-state index in [9.17, 15) is 14.4 Å². The van der Waals surface area contributed by atoms with E-state index in [-0.39, 0.29) is 6.42 Å². The van der Waals surface area contributed by atoms with Gasteiger partial charge in [0.25, 0.3) is 0 Å². The molecular weight excluding hydrogens is 392 g/mol. The number of aromatic nitrogens is 2. The zero-order valence-corrected chi connectivity index (χ0v) is 17.0. The largest absolute Gasteiger partial charge is 0.497 e. The molecule has 1 aliphatic rings. The second-order valence-electron chi connectivity index (χ2n) is 6.69. The predicted molar refractivity (Wildman–Crippen MR) is 105 cm³/mol. The molecule has 0 saturated heterocycles. The molecule has 30 heavy (non-hydrogen) atoms. The van der Waals surface area contributed by atoms with Gasteiger partial charge in [0, 0.05) is 18.7 Å². The Balaban J connectivity index is 1.90. The number of amides is 2. The highest BCUT2D eigenvalue weighted by Crippen LogP contribution is 2.34. The molecule has 10 nitrogen and oxygen atoms in total. The van der Waals surface area contributed by atoms with Crippen molar-refractivity contribution in [3.63, 3.8) is 0 Å². The van der Waals surface area contributed by atoms with Crippen LogP contribution in [-0.4, -0.2) is 66.8 Å². The van der Waals surface area contributed by atoms with Gasteiger partial charge in [0.2, 0.25) is 0 Å². The number of carbonyl (C=O) groups excluding carboxylic acids is 3. The van der Waals surface area contributed by atoms with E-state index >= 15 is 0 Å². The molecule has 3 rings (SSSR count). The van der Waals surface area contributed by atoms with Gasteiger partial charge in [0.15, 0.2) is 0 Å². The van der Waals surface area contributed by atoms with E-state index in [4.69, 9.17) is 9.47 Å². The first kappa shape index (κ1) is 21.2. The molecule has 0 aliphatic carbocycles. The van der Waals surface area contributed by atoms with E-state index in [1.165, 1.54) is 14.2 Å². The molecule has 0 radical (unpaired) electrons. The third kappa shape index (κ3) is 4.37. The highest BCUT2D eigenvalue weighted by Gasteiger charge is 2.36. The number of methoxy groups -OCH3 is 3. The zero-order valence-electron chi connectivity index (χ0n) is 17.0. The van der Waals surface area contributed by atoms with Crippen molar-refractivity contribution in [2.75, 3.05) is 27.9 Å². The first-order chi connectivity index (χ1) is 14.5. The molecule has 2 N–H and O–H groups in total. The van der Waals surface area contributed by atoms with Crippen LogP contribution in [0.5, 0.6) is 5.75 Å². The van der Waals surface area contributed by atoms with Crippen molar-refractivity contribution in [3.8, 4) is 5.75 Å². The third-order valence-corrected chi connectivity index (χ3v) is 4.98. The maximum Gasteiger partial charge on any atom is 0.329 e. The molecule has 10 heteroatoms. The summed E-state index contributed by atoms with van der Waals surface area (Å²) in [4.78, 5) is 46.0. The minimum atomic E-state index is -1.17. The minimum Gasteiger partial charge on any atom is -0.497 e. The van der Waals surface area contributed by atoms with E-state index in [0.717, 1.165) is 11.3 Å². The van der Waals surface area contributed by atoms with Crippen molar-refractivity contribution in [3.05, 3.63) is 47.5 Å². The maximum absolute atomic E-state index is 13.2. The summed E-state index contributed by atoms with van der Waals surface area (Å²) < 4.78 is 14.7. The van der Waals surface area contributed by atoms with Crippen LogP contribution in [0, 0.1) is 0 Å². The summed E-state index contributed by atoms with van der Waals surface area (Å²) >= 11 is 0. The summed E-state index contributed by atoms with van der Waals surface area (Å²) in [6, 6.07) is 5.18. The fraction of sp³-hybridized carbons (Fsp3) is 0.400. The molecule has 0 unspecified atom stereocenters. The van der Waals surface area contributed by atoms with Crippen LogP contribution >= 0.6 is 0 Å². The minimum absolute atomic E-state index is 0.333. The molecule has 2 heterocycles. The monoisotopic (exact) mass is 416 g/mol. The van der Waals surface area contributed by atoms with Gasteiger partial charge in [-0.25, -0.2) is 14.6 Å². The number of ether oxygens (including phenoxy) is 3. The van der Waals surface area contributed by atoms with Crippen LogP contribution in [0.1, 0.15) is 29.4 Å². The number of urea groups is 1. The quantitative estimate of drug-likeness (QED) is 0.678. The van der Waals surface area contributed by atoms with Crippen molar-refractivity contribution >= 4 is 18.0 Å². The number of hydrogen-bond acceptors (Lipinski definition) is 7. The molecule has 1 aliphatic heterocycles. The van der Waals surface area contributed by atoms with Crippen molar-refractivity contribution in [1.29, 1.82) is 0 Å². The van der Waals surface area contributed by atoms with Crippen LogP contribution in [0.25, 0.3) is 0 Å². The first-order valence-electron chi connectivity index (χ1n) is 9.36. The number of esters is 2. The predicted octanol–water partition coefficient (Wildman–Crippen LogP) is 1.18. The average molecular weight is 416 g/mol. The molecule has 1 aromatic carbocycles. The van der Waals surface area contributed by atoms with Gasteiger partial charge in [0.1, 0.15) is 17.8 Å². The van der Waals surface area contributed by atoms with Crippen molar-refractivity contribution in [2.24, 2.45) is 0 Å². The Morgan fingerprint density at radius 3 is 2.77 bits per heavy atom. The lowest BCUT2D eigenvalue weighted by molar-refractivity contribution is -0.149. The third-order valence-electron chi connectivity index (χ3n) is 4.98. The highest BCUT2D eigenvalue weighted by atomic mass is 16.5. The molecule has 160 valence electrons. The van der Waals surface area contributed by atoms with Crippen LogP contribution in [0.3, 0.4) is 0 Å². The Hall–Kier alpha value is -3.56. The van der Waals surface area contributed by atoms with Gasteiger partial charge < -0.3 is 29.4 Å². The molecular formula is C20H24N4O6. The number of fused-ring (bicyclic) bond motifs is 1. The molecule has 0 bridgehead atoms. The lowest BCUT2D eigenvalue weighted by Crippen LogP contribution is -2.52. The molecule has 2 amide bonds. The molecule has 0 spiro atoms. The van der Waals surface area contributed by atoms with Crippen LogP contribution in [0.15, 0.2) is 30.6 Å².